The molecule has 2 unspecified atom stereocenters. The van der Waals surface area contributed by atoms with Crippen LogP contribution in [0.2, 0.25) is 0 Å². The number of thiocarbonyl (C=S) groups is 1. The van der Waals surface area contributed by atoms with Crippen molar-refractivity contribution in [3.8, 4) is 0 Å². The van der Waals surface area contributed by atoms with Crippen molar-refractivity contribution in [2.45, 2.75) is 33.7 Å². The average Bonchev–Trinajstić information content (AvgIpc) is 2.40. The summed E-state index contributed by atoms with van der Waals surface area (Å²) in [5, 5.41) is 3.58. The van der Waals surface area contributed by atoms with Gasteiger partial charge >= 0.3 is 5.97 Å². The lowest BCUT2D eigenvalue weighted by molar-refractivity contribution is -0.146. The first-order valence-corrected chi connectivity index (χ1v) is 7.44. The molecular weight excluding hydrogens is 284 g/mol. The molecule has 1 aromatic rings. The van der Waals surface area contributed by atoms with E-state index in [1.54, 1.807) is 6.92 Å². The summed E-state index contributed by atoms with van der Waals surface area (Å²) in [5.41, 5.74) is 4.02. The minimum Gasteiger partial charge on any atom is -0.465 e. The lowest BCUT2D eigenvalue weighted by Crippen LogP contribution is -2.44. The van der Waals surface area contributed by atoms with E-state index in [2.05, 4.69) is 28.5 Å². The van der Waals surface area contributed by atoms with Crippen molar-refractivity contribution >= 4 is 29.0 Å². The number of nitrogens with zero attached hydrogens (tertiary/aromatic N) is 1. The van der Waals surface area contributed by atoms with Crippen molar-refractivity contribution in [3.05, 3.63) is 34.9 Å². The fourth-order valence-electron chi connectivity index (χ4n) is 2.61. The highest BCUT2D eigenvalue weighted by atomic mass is 32.1. The number of carbonyl (C=O) groups is 1. The van der Waals surface area contributed by atoms with Crippen LogP contribution in [0.3, 0.4) is 0 Å². The Balaban J connectivity index is 2.47. The van der Waals surface area contributed by atoms with Crippen molar-refractivity contribution in [2.24, 2.45) is 10.9 Å². The Hall–Kier alpha value is -1.75. The van der Waals surface area contributed by atoms with E-state index in [1.165, 1.54) is 0 Å². The molecule has 0 saturated heterocycles. The van der Waals surface area contributed by atoms with Gasteiger partial charge in [0.2, 0.25) is 0 Å². The Morgan fingerprint density at radius 3 is 2.76 bits per heavy atom. The molecule has 0 saturated carbocycles. The van der Waals surface area contributed by atoms with E-state index in [1.807, 2.05) is 20.8 Å². The average molecular weight is 304 g/mol. The van der Waals surface area contributed by atoms with E-state index in [9.17, 15) is 4.79 Å². The standard InChI is InChI=1S/C16H20N2O2S/c1-5-20-15(19)13-11(4)17-16(21)18-14(13)12-8-9(2)6-7-10(12)3/h6-8,13-14H,5H2,1-4H3,(H,18,21). The Morgan fingerprint density at radius 1 is 1.38 bits per heavy atom. The smallest absolute Gasteiger partial charge is 0.317 e. The van der Waals surface area contributed by atoms with Crippen LogP contribution in [0.1, 0.15) is 36.6 Å². The highest BCUT2D eigenvalue weighted by Crippen LogP contribution is 2.30. The van der Waals surface area contributed by atoms with Crippen LogP contribution in [0.15, 0.2) is 23.2 Å². The summed E-state index contributed by atoms with van der Waals surface area (Å²) >= 11 is 5.19. The molecule has 0 fully saturated rings. The minimum absolute atomic E-state index is 0.228. The van der Waals surface area contributed by atoms with Gasteiger partial charge in [-0.05, 0) is 51.0 Å². The van der Waals surface area contributed by atoms with Gasteiger partial charge in [-0.2, -0.15) is 0 Å². The number of esters is 1. The zero-order valence-electron chi connectivity index (χ0n) is 12.8. The second-order valence-corrected chi connectivity index (χ2v) is 5.66. The Morgan fingerprint density at radius 2 is 2.10 bits per heavy atom. The summed E-state index contributed by atoms with van der Waals surface area (Å²) in [4.78, 5) is 16.5. The van der Waals surface area contributed by atoms with Gasteiger partial charge in [-0.25, -0.2) is 4.99 Å². The number of hydrogen-bond donors (Lipinski definition) is 1. The first kappa shape index (κ1) is 15.6. The highest BCUT2D eigenvalue weighted by molar-refractivity contribution is 7.80. The largest absolute Gasteiger partial charge is 0.465 e. The SMILES string of the molecule is CCOC(=O)C1C(C)=NC(=S)NC1c1cc(C)ccc1C. The Bertz CT molecular complexity index is 610. The number of ether oxygens (including phenoxy) is 1. The molecule has 0 aliphatic carbocycles. The molecular formula is C16H20N2O2S. The van der Waals surface area contributed by atoms with Gasteiger partial charge in [0.1, 0.15) is 5.92 Å². The fourth-order valence-corrected chi connectivity index (χ4v) is 2.88. The Labute approximate surface area is 130 Å². The van der Waals surface area contributed by atoms with E-state index >= 15 is 0 Å². The number of aliphatic imine (C=N–C) groups is 1. The molecule has 0 radical (unpaired) electrons. The molecule has 1 N–H and O–H groups in total. The van der Waals surface area contributed by atoms with Crippen molar-refractivity contribution in [3.63, 3.8) is 0 Å². The quantitative estimate of drug-likeness (QED) is 0.689. The Kier molecular flexibility index (Phi) is 4.73. The van der Waals surface area contributed by atoms with Crippen molar-refractivity contribution in [1.82, 2.24) is 5.32 Å². The molecule has 1 aliphatic heterocycles. The van der Waals surface area contributed by atoms with Gasteiger partial charge in [0.15, 0.2) is 5.11 Å². The number of aryl methyl sites for hydroxylation is 2. The van der Waals surface area contributed by atoms with Crippen LogP contribution in [0.4, 0.5) is 0 Å². The first-order chi connectivity index (χ1) is 9.93. The van der Waals surface area contributed by atoms with Gasteiger partial charge in [0, 0.05) is 5.71 Å². The summed E-state index contributed by atoms with van der Waals surface area (Å²) in [6.07, 6.45) is 0. The molecule has 5 heteroatoms. The summed E-state index contributed by atoms with van der Waals surface area (Å²) in [5.74, 6) is -0.711. The molecule has 0 amide bonds. The molecule has 2 atom stereocenters. The zero-order valence-corrected chi connectivity index (χ0v) is 13.6. The maximum atomic E-state index is 12.3. The van der Waals surface area contributed by atoms with Gasteiger partial charge < -0.3 is 10.1 Å². The monoisotopic (exact) mass is 304 g/mol. The minimum atomic E-state index is -0.447. The van der Waals surface area contributed by atoms with Gasteiger partial charge in [0.05, 0.1) is 12.6 Å². The number of nitrogens with one attached hydrogen (secondary N) is 1. The van der Waals surface area contributed by atoms with Crippen LogP contribution in [-0.4, -0.2) is 23.4 Å². The summed E-state index contributed by atoms with van der Waals surface area (Å²) in [6.45, 7) is 8.05. The van der Waals surface area contributed by atoms with Gasteiger partial charge in [0.25, 0.3) is 0 Å². The molecule has 112 valence electrons. The van der Waals surface area contributed by atoms with Crippen LogP contribution < -0.4 is 5.32 Å². The van der Waals surface area contributed by atoms with E-state index in [0.29, 0.717) is 17.4 Å². The molecule has 0 spiro atoms. The van der Waals surface area contributed by atoms with E-state index in [4.69, 9.17) is 17.0 Å². The van der Waals surface area contributed by atoms with Crippen molar-refractivity contribution in [1.29, 1.82) is 0 Å². The summed E-state index contributed by atoms with van der Waals surface area (Å²) < 4.78 is 5.21. The van der Waals surface area contributed by atoms with Crippen LogP contribution in [0.25, 0.3) is 0 Å². The second kappa shape index (κ2) is 6.35. The lowest BCUT2D eigenvalue weighted by atomic mass is 9.85. The van der Waals surface area contributed by atoms with Crippen LogP contribution in [0.5, 0.6) is 0 Å². The third kappa shape index (κ3) is 3.29. The van der Waals surface area contributed by atoms with Gasteiger partial charge in [-0.15, -0.1) is 0 Å². The van der Waals surface area contributed by atoms with Crippen LogP contribution >= 0.6 is 12.2 Å². The first-order valence-electron chi connectivity index (χ1n) is 7.03. The van der Waals surface area contributed by atoms with Crippen LogP contribution in [0, 0.1) is 19.8 Å². The number of carbonyl (C=O) groups excluding carboxylic acids is 1. The molecule has 2 rings (SSSR count). The number of hydrogen-bond acceptors (Lipinski definition) is 3. The predicted molar refractivity (Wildman–Crippen MR) is 87.6 cm³/mol. The molecule has 1 aliphatic rings. The second-order valence-electron chi connectivity index (χ2n) is 5.27. The fraction of sp³-hybridized carbons (Fsp3) is 0.438. The maximum Gasteiger partial charge on any atom is 0.317 e. The van der Waals surface area contributed by atoms with Crippen molar-refractivity contribution in [2.75, 3.05) is 6.61 Å². The predicted octanol–water partition coefficient (Wildman–Crippen LogP) is 2.87. The van der Waals surface area contributed by atoms with Crippen molar-refractivity contribution < 1.29 is 9.53 Å². The van der Waals surface area contributed by atoms with Gasteiger partial charge in [-0.1, -0.05) is 23.8 Å². The maximum absolute atomic E-state index is 12.3. The topological polar surface area (TPSA) is 50.7 Å². The van der Waals surface area contributed by atoms with Crippen LogP contribution in [-0.2, 0) is 9.53 Å². The molecule has 1 aromatic carbocycles. The molecule has 1 heterocycles. The summed E-state index contributed by atoms with van der Waals surface area (Å²) in [7, 11) is 0. The third-order valence-corrected chi connectivity index (χ3v) is 3.86. The third-order valence-electron chi connectivity index (χ3n) is 3.65. The number of benzene rings is 1. The molecule has 4 nitrogen and oxygen atoms in total. The lowest BCUT2D eigenvalue weighted by Gasteiger charge is -2.32. The normalized spacial score (nSPS) is 21.5. The van der Waals surface area contributed by atoms with Gasteiger partial charge in [-0.3, -0.25) is 4.79 Å². The summed E-state index contributed by atoms with van der Waals surface area (Å²) in [6, 6.07) is 5.97. The number of rotatable bonds is 3. The molecule has 21 heavy (non-hydrogen) atoms. The molecule has 0 bridgehead atoms. The van der Waals surface area contributed by atoms with E-state index < -0.39 is 5.92 Å². The molecule has 0 aromatic heterocycles. The zero-order chi connectivity index (χ0) is 15.6. The van der Waals surface area contributed by atoms with E-state index in [0.717, 1.165) is 16.7 Å². The van der Waals surface area contributed by atoms with E-state index in [-0.39, 0.29) is 12.0 Å². The highest BCUT2D eigenvalue weighted by Gasteiger charge is 2.37.